The van der Waals surface area contributed by atoms with E-state index in [1.54, 1.807) is 18.6 Å². The standard InChI is InChI=1S/C26H26N6O/c1-19-13-28-23(16-27-19)25-22(26(33)30-14-20-9-5-3-6-10-20)15-29-24(31-25)18-32(2)17-21-11-7-4-8-12-21/h3-13,15-16H,14,17-18H2,1-2H3,(H,30,33). The predicted molar refractivity (Wildman–Crippen MR) is 127 cm³/mol. The summed E-state index contributed by atoms with van der Waals surface area (Å²) in [7, 11) is 2.02. The molecule has 0 aliphatic heterocycles. The minimum absolute atomic E-state index is 0.250. The van der Waals surface area contributed by atoms with Crippen molar-refractivity contribution in [3.05, 3.63) is 107 Å². The summed E-state index contributed by atoms with van der Waals surface area (Å²) in [5.41, 5.74) is 4.42. The van der Waals surface area contributed by atoms with Gasteiger partial charge in [0.25, 0.3) is 5.91 Å². The van der Waals surface area contributed by atoms with Gasteiger partial charge >= 0.3 is 0 Å². The zero-order valence-corrected chi connectivity index (χ0v) is 18.8. The first-order valence-electron chi connectivity index (χ1n) is 10.8. The van der Waals surface area contributed by atoms with Gasteiger partial charge in [0, 0.05) is 25.5 Å². The second-order valence-electron chi connectivity index (χ2n) is 7.92. The SMILES string of the molecule is Cc1cnc(-c2nc(CN(C)Cc3ccccc3)ncc2C(=O)NCc2ccccc2)cn1. The van der Waals surface area contributed by atoms with Crippen molar-refractivity contribution in [3.8, 4) is 11.4 Å². The van der Waals surface area contributed by atoms with E-state index >= 15 is 0 Å². The van der Waals surface area contributed by atoms with Gasteiger partial charge in [-0.3, -0.25) is 19.7 Å². The Balaban J connectivity index is 1.56. The number of rotatable bonds is 8. The first-order valence-corrected chi connectivity index (χ1v) is 10.8. The van der Waals surface area contributed by atoms with E-state index < -0.39 is 0 Å². The fraction of sp³-hybridized carbons (Fsp3) is 0.192. The van der Waals surface area contributed by atoms with E-state index in [9.17, 15) is 4.79 Å². The van der Waals surface area contributed by atoms with Gasteiger partial charge in [0.1, 0.15) is 17.2 Å². The molecule has 4 rings (SSSR count). The van der Waals surface area contributed by atoms with E-state index in [4.69, 9.17) is 4.98 Å². The highest BCUT2D eigenvalue weighted by Gasteiger charge is 2.18. The van der Waals surface area contributed by atoms with Crippen LogP contribution >= 0.6 is 0 Å². The first kappa shape index (κ1) is 22.2. The summed E-state index contributed by atoms with van der Waals surface area (Å²) in [6, 6.07) is 20.0. The van der Waals surface area contributed by atoms with E-state index in [0.29, 0.717) is 35.9 Å². The van der Waals surface area contributed by atoms with Crippen molar-refractivity contribution < 1.29 is 4.79 Å². The molecule has 33 heavy (non-hydrogen) atoms. The van der Waals surface area contributed by atoms with Crippen molar-refractivity contribution in [3.63, 3.8) is 0 Å². The lowest BCUT2D eigenvalue weighted by Gasteiger charge is -2.17. The van der Waals surface area contributed by atoms with Gasteiger partial charge in [-0.15, -0.1) is 0 Å². The Morgan fingerprint density at radius 3 is 2.21 bits per heavy atom. The molecule has 2 aromatic carbocycles. The minimum atomic E-state index is -0.250. The maximum absolute atomic E-state index is 13.0. The molecule has 0 fully saturated rings. The largest absolute Gasteiger partial charge is 0.348 e. The van der Waals surface area contributed by atoms with Crippen LogP contribution in [0.3, 0.4) is 0 Å². The van der Waals surface area contributed by atoms with Crippen molar-refractivity contribution in [1.82, 2.24) is 30.2 Å². The van der Waals surface area contributed by atoms with Crippen LogP contribution < -0.4 is 5.32 Å². The van der Waals surface area contributed by atoms with E-state index in [0.717, 1.165) is 17.8 Å². The number of nitrogens with zero attached hydrogens (tertiary/aromatic N) is 5. The van der Waals surface area contributed by atoms with Crippen molar-refractivity contribution >= 4 is 5.91 Å². The molecule has 4 aromatic rings. The number of nitrogens with one attached hydrogen (secondary N) is 1. The van der Waals surface area contributed by atoms with Crippen LogP contribution in [0.2, 0.25) is 0 Å². The van der Waals surface area contributed by atoms with E-state index in [1.165, 1.54) is 5.56 Å². The van der Waals surface area contributed by atoms with Crippen LogP contribution in [-0.4, -0.2) is 37.8 Å². The molecule has 0 spiro atoms. The van der Waals surface area contributed by atoms with Gasteiger partial charge in [0.05, 0.1) is 24.0 Å². The lowest BCUT2D eigenvalue weighted by Crippen LogP contribution is -2.25. The third-order valence-electron chi connectivity index (χ3n) is 5.11. The molecule has 2 heterocycles. The maximum Gasteiger partial charge on any atom is 0.255 e. The van der Waals surface area contributed by atoms with Crippen LogP contribution in [0.4, 0.5) is 0 Å². The normalized spacial score (nSPS) is 10.9. The van der Waals surface area contributed by atoms with Gasteiger partial charge in [-0.1, -0.05) is 60.7 Å². The number of aromatic nitrogens is 4. The third-order valence-corrected chi connectivity index (χ3v) is 5.11. The van der Waals surface area contributed by atoms with Crippen molar-refractivity contribution in [2.45, 2.75) is 26.6 Å². The molecule has 166 valence electrons. The Bertz CT molecular complexity index is 1200. The number of amides is 1. The van der Waals surface area contributed by atoms with Crippen LogP contribution in [0.5, 0.6) is 0 Å². The van der Waals surface area contributed by atoms with Crippen LogP contribution in [0, 0.1) is 6.92 Å². The number of benzene rings is 2. The molecule has 0 atom stereocenters. The zero-order chi connectivity index (χ0) is 23.0. The van der Waals surface area contributed by atoms with Crippen LogP contribution in [-0.2, 0) is 19.6 Å². The molecule has 0 saturated carbocycles. The maximum atomic E-state index is 13.0. The monoisotopic (exact) mass is 438 g/mol. The predicted octanol–water partition coefficient (Wildman–Crippen LogP) is 3.80. The van der Waals surface area contributed by atoms with Gasteiger partial charge in [-0.25, -0.2) is 9.97 Å². The zero-order valence-electron chi connectivity index (χ0n) is 18.8. The molecule has 7 nitrogen and oxygen atoms in total. The molecular formula is C26H26N6O. The summed E-state index contributed by atoms with van der Waals surface area (Å²) < 4.78 is 0. The van der Waals surface area contributed by atoms with Crippen LogP contribution in [0.15, 0.2) is 79.3 Å². The molecule has 0 aliphatic carbocycles. The average Bonchev–Trinajstić information content (AvgIpc) is 2.84. The van der Waals surface area contributed by atoms with E-state index in [1.807, 2.05) is 62.5 Å². The Hall–Kier alpha value is -3.97. The minimum Gasteiger partial charge on any atom is -0.348 e. The number of hydrogen-bond acceptors (Lipinski definition) is 6. The lowest BCUT2D eigenvalue weighted by atomic mass is 10.1. The quantitative estimate of drug-likeness (QED) is 0.450. The van der Waals surface area contributed by atoms with Crippen molar-refractivity contribution in [2.75, 3.05) is 7.05 Å². The summed E-state index contributed by atoms with van der Waals surface area (Å²) in [5.74, 6) is 0.367. The van der Waals surface area contributed by atoms with E-state index in [-0.39, 0.29) is 5.91 Å². The average molecular weight is 439 g/mol. The lowest BCUT2D eigenvalue weighted by molar-refractivity contribution is 0.0950. The summed E-state index contributed by atoms with van der Waals surface area (Å²) >= 11 is 0. The van der Waals surface area contributed by atoms with Gasteiger partial charge in [0.15, 0.2) is 0 Å². The molecule has 0 bridgehead atoms. The molecule has 0 unspecified atom stereocenters. The summed E-state index contributed by atoms with van der Waals surface area (Å²) in [6.07, 6.45) is 4.89. The number of hydrogen-bond donors (Lipinski definition) is 1. The highest BCUT2D eigenvalue weighted by atomic mass is 16.1. The Labute approximate surface area is 193 Å². The topological polar surface area (TPSA) is 83.9 Å². The Morgan fingerprint density at radius 2 is 1.55 bits per heavy atom. The van der Waals surface area contributed by atoms with Gasteiger partial charge in [-0.2, -0.15) is 0 Å². The van der Waals surface area contributed by atoms with Crippen molar-refractivity contribution in [2.24, 2.45) is 0 Å². The van der Waals surface area contributed by atoms with Gasteiger partial charge in [0.2, 0.25) is 0 Å². The fourth-order valence-corrected chi connectivity index (χ4v) is 3.44. The van der Waals surface area contributed by atoms with Crippen molar-refractivity contribution in [1.29, 1.82) is 0 Å². The molecule has 1 N–H and O–H groups in total. The van der Waals surface area contributed by atoms with E-state index in [2.05, 4.69) is 37.3 Å². The second-order valence-corrected chi connectivity index (χ2v) is 7.92. The highest BCUT2D eigenvalue weighted by molar-refractivity contribution is 5.99. The van der Waals surface area contributed by atoms with Crippen LogP contribution in [0.1, 0.15) is 33.0 Å². The fourth-order valence-electron chi connectivity index (χ4n) is 3.44. The molecular weight excluding hydrogens is 412 g/mol. The smallest absolute Gasteiger partial charge is 0.255 e. The first-order chi connectivity index (χ1) is 16.1. The third kappa shape index (κ3) is 6.05. The molecule has 0 aliphatic rings. The number of aryl methyl sites for hydroxylation is 1. The van der Waals surface area contributed by atoms with Gasteiger partial charge in [-0.05, 0) is 25.1 Å². The Kier molecular flexibility index (Phi) is 7.12. The molecule has 0 saturated heterocycles. The highest BCUT2D eigenvalue weighted by Crippen LogP contribution is 2.19. The number of carbonyl (C=O) groups is 1. The molecule has 2 aromatic heterocycles. The number of carbonyl (C=O) groups excluding carboxylic acids is 1. The Morgan fingerprint density at radius 1 is 0.848 bits per heavy atom. The summed E-state index contributed by atoms with van der Waals surface area (Å²) in [6.45, 7) is 3.59. The molecule has 0 radical (unpaired) electrons. The summed E-state index contributed by atoms with van der Waals surface area (Å²) in [5, 5.41) is 2.95. The molecule has 1 amide bonds. The second kappa shape index (κ2) is 10.6. The molecule has 7 heteroatoms. The van der Waals surface area contributed by atoms with Crippen LogP contribution in [0.25, 0.3) is 11.4 Å². The summed E-state index contributed by atoms with van der Waals surface area (Å²) in [4.78, 5) is 33.1. The van der Waals surface area contributed by atoms with Gasteiger partial charge < -0.3 is 5.32 Å².